The summed E-state index contributed by atoms with van der Waals surface area (Å²) < 4.78 is 22.8. The zero-order valence-corrected chi connectivity index (χ0v) is 15.0. The first-order valence-electron chi connectivity index (χ1n) is 7.25. The molecule has 1 unspecified atom stereocenters. The number of ether oxygens (including phenoxy) is 1. The van der Waals surface area contributed by atoms with Gasteiger partial charge in [0.25, 0.3) is 0 Å². The molecule has 0 aromatic carbocycles. The van der Waals surface area contributed by atoms with Crippen LogP contribution in [-0.4, -0.2) is 27.6 Å². The molecule has 0 radical (unpaired) electrons. The van der Waals surface area contributed by atoms with Crippen LogP contribution in [0.3, 0.4) is 0 Å². The van der Waals surface area contributed by atoms with Gasteiger partial charge in [0.1, 0.15) is 22.2 Å². The van der Waals surface area contributed by atoms with Gasteiger partial charge in [-0.15, -0.1) is 0 Å². The molecule has 22 heavy (non-hydrogen) atoms. The van der Waals surface area contributed by atoms with Crippen molar-refractivity contribution in [2.24, 2.45) is 16.0 Å². The minimum Gasteiger partial charge on any atom is -0.492 e. The third-order valence-electron chi connectivity index (χ3n) is 3.67. The highest BCUT2D eigenvalue weighted by atomic mass is 79.9. The number of nitrogens with two attached hydrogens (primary N) is 1. The topological polar surface area (TPSA) is 93.5 Å². The lowest BCUT2D eigenvalue weighted by Crippen LogP contribution is -2.33. The first kappa shape index (κ1) is 17.2. The lowest BCUT2D eigenvalue weighted by atomic mass is 9.90. The molecule has 0 aliphatic heterocycles. The van der Waals surface area contributed by atoms with E-state index in [2.05, 4.69) is 20.3 Å². The molecule has 0 spiro atoms. The molecule has 0 amide bonds. The van der Waals surface area contributed by atoms with Gasteiger partial charge in [-0.3, -0.25) is 9.98 Å². The van der Waals surface area contributed by atoms with Gasteiger partial charge in [-0.2, -0.15) is 4.40 Å². The van der Waals surface area contributed by atoms with Gasteiger partial charge in [-0.1, -0.05) is 19.3 Å². The smallest absolute Gasteiger partial charge is 0.215 e. The molecule has 2 rings (SSSR count). The van der Waals surface area contributed by atoms with Crippen LogP contribution < -0.4 is 16.0 Å². The minimum atomic E-state index is -1.41. The Morgan fingerprint density at radius 3 is 2.86 bits per heavy atom. The van der Waals surface area contributed by atoms with Crippen LogP contribution in [0, 0.1) is 11.3 Å². The standard InChI is InChI=1S/C14H21BrN4O2S/c1-22(20)18-14(17)19-8-11(15)12(7-13(19)16)21-9-10-5-3-2-4-6-10/h7-8,10,16H,2-6,9H2,1H3,(H2,17,18). The predicted octanol–water partition coefficient (Wildman–Crippen LogP) is 2.15. The van der Waals surface area contributed by atoms with Gasteiger partial charge in [0.05, 0.1) is 11.1 Å². The molecule has 3 N–H and O–H groups in total. The largest absolute Gasteiger partial charge is 0.492 e. The Bertz CT molecular complexity index is 638. The highest BCUT2D eigenvalue weighted by Gasteiger charge is 2.15. The molecule has 1 heterocycles. The second-order valence-corrected chi connectivity index (χ2v) is 7.31. The molecule has 8 heteroatoms. The Morgan fingerprint density at radius 2 is 2.23 bits per heavy atom. The van der Waals surface area contributed by atoms with Gasteiger partial charge in [-0.05, 0) is 34.7 Å². The number of nitrogens with zero attached hydrogens (tertiary/aromatic N) is 2. The van der Waals surface area contributed by atoms with Gasteiger partial charge in [0.15, 0.2) is 0 Å². The monoisotopic (exact) mass is 388 g/mol. The summed E-state index contributed by atoms with van der Waals surface area (Å²) in [4.78, 5) is 0. The van der Waals surface area contributed by atoms with Crippen molar-refractivity contribution in [3.05, 3.63) is 22.2 Å². The van der Waals surface area contributed by atoms with Crippen LogP contribution in [0.1, 0.15) is 32.1 Å². The second-order valence-electron chi connectivity index (χ2n) is 5.43. The maximum atomic E-state index is 11.1. The highest BCUT2D eigenvalue weighted by molar-refractivity contribution is 9.10. The quantitative estimate of drug-likeness (QED) is 0.610. The molecule has 6 nitrogen and oxygen atoms in total. The summed E-state index contributed by atoms with van der Waals surface area (Å²) in [6.07, 6.45) is 9.32. The maximum Gasteiger partial charge on any atom is 0.215 e. The van der Waals surface area contributed by atoms with Crippen LogP contribution in [-0.2, 0) is 11.0 Å². The molecule has 1 aromatic rings. The van der Waals surface area contributed by atoms with Crippen molar-refractivity contribution >= 4 is 32.9 Å². The van der Waals surface area contributed by atoms with Crippen molar-refractivity contribution in [1.82, 2.24) is 4.57 Å². The van der Waals surface area contributed by atoms with Crippen LogP contribution in [0.4, 0.5) is 0 Å². The van der Waals surface area contributed by atoms with E-state index in [0.29, 0.717) is 22.7 Å². The summed E-state index contributed by atoms with van der Waals surface area (Å²) in [5.41, 5.74) is 5.88. The van der Waals surface area contributed by atoms with Crippen molar-refractivity contribution in [2.75, 3.05) is 12.9 Å². The number of rotatable bonds is 4. The van der Waals surface area contributed by atoms with Crippen molar-refractivity contribution in [3.63, 3.8) is 0 Å². The van der Waals surface area contributed by atoms with Gasteiger partial charge in [0, 0.05) is 18.5 Å². The zero-order chi connectivity index (χ0) is 16.1. The minimum absolute atomic E-state index is 0.0189. The van der Waals surface area contributed by atoms with Crippen molar-refractivity contribution < 1.29 is 8.95 Å². The van der Waals surface area contributed by atoms with Gasteiger partial charge in [-0.25, -0.2) is 4.21 Å². The molecule has 1 aliphatic carbocycles. The van der Waals surface area contributed by atoms with E-state index in [1.165, 1.54) is 42.9 Å². The molecule has 0 bridgehead atoms. The number of halogens is 1. The van der Waals surface area contributed by atoms with E-state index in [0.717, 1.165) is 0 Å². The fourth-order valence-electron chi connectivity index (χ4n) is 2.55. The first-order chi connectivity index (χ1) is 10.5. The Kier molecular flexibility index (Phi) is 6.19. The summed E-state index contributed by atoms with van der Waals surface area (Å²) in [5, 5.41) is 8.01. The summed E-state index contributed by atoms with van der Waals surface area (Å²) in [5.74, 6) is 1.24. The Balaban J connectivity index is 2.12. The fourth-order valence-corrected chi connectivity index (χ4v) is 3.33. The predicted molar refractivity (Wildman–Crippen MR) is 91.1 cm³/mol. The van der Waals surface area contributed by atoms with Gasteiger partial charge >= 0.3 is 0 Å². The maximum absolute atomic E-state index is 11.1. The van der Waals surface area contributed by atoms with E-state index in [-0.39, 0.29) is 11.4 Å². The normalized spacial score (nSPS) is 18.2. The van der Waals surface area contributed by atoms with Crippen LogP contribution in [0.2, 0.25) is 0 Å². The first-order valence-corrected chi connectivity index (χ1v) is 9.56. The highest BCUT2D eigenvalue weighted by Crippen LogP contribution is 2.27. The third-order valence-corrected chi connectivity index (χ3v) is 4.71. The zero-order valence-electron chi connectivity index (χ0n) is 12.5. The molecule has 1 fully saturated rings. The van der Waals surface area contributed by atoms with E-state index in [1.807, 2.05) is 0 Å². The molecule has 0 saturated heterocycles. The van der Waals surface area contributed by atoms with Crippen LogP contribution in [0.5, 0.6) is 5.75 Å². The SMILES string of the molecule is CS(=O)/N=C(/N)n1cc(Br)c(OCC2CCCCC2)cc1=N. The number of hydrogen-bond donors (Lipinski definition) is 2. The third kappa shape index (κ3) is 4.67. The second kappa shape index (κ2) is 7.92. The number of nitrogens with one attached hydrogen (secondary N) is 1. The van der Waals surface area contributed by atoms with E-state index in [9.17, 15) is 4.21 Å². The average molecular weight is 389 g/mol. The number of aromatic nitrogens is 1. The number of hydrogen-bond acceptors (Lipinski definition) is 3. The Labute approximate surface area is 141 Å². The molecular weight excluding hydrogens is 368 g/mol. The van der Waals surface area contributed by atoms with E-state index in [1.54, 1.807) is 12.3 Å². The van der Waals surface area contributed by atoms with Crippen LogP contribution in [0.15, 0.2) is 21.1 Å². The van der Waals surface area contributed by atoms with Crippen molar-refractivity contribution in [2.45, 2.75) is 32.1 Å². The van der Waals surface area contributed by atoms with Gasteiger partial charge < -0.3 is 10.5 Å². The van der Waals surface area contributed by atoms with E-state index in [4.69, 9.17) is 15.9 Å². The van der Waals surface area contributed by atoms with Gasteiger partial charge in [0.2, 0.25) is 5.96 Å². The summed E-state index contributed by atoms with van der Waals surface area (Å²) in [7, 11) is -1.41. The van der Waals surface area contributed by atoms with Crippen LogP contribution in [0.25, 0.3) is 0 Å². The lowest BCUT2D eigenvalue weighted by Gasteiger charge is -2.22. The van der Waals surface area contributed by atoms with Crippen LogP contribution >= 0.6 is 15.9 Å². The number of pyridine rings is 1. The summed E-state index contributed by atoms with van der Waals surface area (Å²) >= 11 is 3.43. The lowest BCUT2D eigenvalue weighted by molar-refractivity contribution is 0.207. The molecule has 1 aromatic heterocycles. The van der Waals surface area contributed by atoms with Crippen molar-refractivity contribution in [1.29, 1.82) is 5.41 Å². The summed E-state index contributed by atoms with van der Waals surface area (Å²) in [6, 6.07) is 1.59. The van der Waals surface area contributed by atoms with E-state index < -0.39 is 11.0 Å². The fraction of sp³-hybridized carbons (Fsp3) is 0.571. The Hall–Kier alpha value is -1.15. The average Bonchev–Trinajstić information content (AvgIpc) is 2.48. The molecule has 1 atom stereocenters. The molecule has 122 valence electrons. The molecule has 1 saturated carbocycles. The molecular formula is C14H21BrN4O2S. The van der Waals surface area contributed by atoms with E-state index >= 15 is 0 Å². The van der Waals surface area contributed by atoms with Crippen molar-refractivity contribution in [3.8, 4) is 5.75 Å². The Morgan fingerprint density at radius 1 is 1.55 bits per heavy atom. The molecule has 1 aliphatic rings. The summed E-state index contributed by atoms with van der Waals surface area (Å²) in [6.45, 7) is 0.671.